The van der Waals surface area contributed by atoms with Gasteiger partial charge >= 0.3 is 5.97 Å². The highest BCUT2D eigenvalue weighted by atomic mass is 19.2. The lowest BCUT2D eigenvalue weighted by Gasteiger charge is -2.30. The largest absolute Gasteiger partial charge is 0.497 e. The van der Waals surface area contributed by atoms with Gasteiger partial charge in [-0.25, -0.2) is 13.2 Å². The minimum atomic E-state index is -0.755. The second-order valence-corrected chi connectivity index (χ2v) is 9.49. The van der Waals surface area contributed by atoms with Gasteiger partial charge in [0.1, 0.15) is 5.75 Å². The minimum Gasteiger partial charge on any atom is -0.497 e. The Hall–Kier alpha value is -2.76. The summed E-state index contributed by atoms with van der Waals surface area (Å²) in [7, 11) is 1.43. The zero-order chi connectivity index (χ0) is 24.2. The maximum absolute atomic E-state index is 15.1. The normalized spacial score (nSPS) is 24.9. The van der Waals surface area contributed by atoms with E-state index in [1.54, 1.807) is 12.1 Å². The zero-order valence-corrected chi connectivity index (χ0v) is 19.5. The van der Waals surface area contributed by atoms with Crippen LogP contribution >= 0.6 is 0 Å². The SMILES string of the molecule is C=CC1CCC(c2ccc(C3CCC(C(=O)Oc4ccc(OC)cc4F)CC3)c(F)c2F)CC1. The van der Waals surface area contributed by atoms with Crippen molar-refractivity contribution in [1.29, 1.82) is 0 Å². The molecule has 182 valence electrons. The van der Waals surface area contributed by atoms with Gasteiger partial charge in [0.2, 0.25) is 0 Å². The van der Waals surface area contributed by atoms with Crippen LogP contribution in [-0.4, -0.2) is 13.1 Å². The molecule has 0 heterocycles. The molecule has 2 fully saturated rings. The molecule has 0 radical (unpaired) electrons. The van der Waals surface area contributed by atoms with Crippen LogP contribution in [0.3, 0.4) is 0 Å². The highest BCUT2D eigenvalue weighted by Crippen LogP contribution is 2.42. The second-order valence-electron chi connectivity index (χ2n) is 9.49. The van der Waals surface area contributed by atoms with E-state index in [9.17, 15) is 9.18 Å². The highest BCUT2D eigenvalue weighted by molar-refractivity contribution is 5.75. The molecule has 0 spiro atoms. The van der Waals surface area contributed by atoms with Crippen LogP contribution in [0.5, 0.6) is 11.5 Å². The lowest BCUT2D eigenvalue weighted by molar-refractivity contribution is -0.140. The van der Waals surface area contributed by atoms with Gasteiger partial charge in [-0.15, -0.1) is 6.58 Å². The summed E-state index contributed by atoms with van der Waals surface area (Å²) in [4.78, 5) is 12.5. The van der Waals surface area contributed by atoms with E-state index in [1.807, 2.05) is 6.08 Å². The third-order valence-electron chi connectivity index (χ3n) is 7.54. The van der Waals surface area contributed by atoms with E-state index in [0.717, 1.165) is 31.7 Å². The van der Waals surface area contributed by atoms with Crippen molar-refractivity contribution in [1.82, 2.24) is 0 Å². The number of carbonyl (C=O) groups is 1. The predicted molar refractivity (Wildman–Crippen MR) is 125 cm³/mol. The molecule has 0 aromatic heterocycles. The van der Waals surface area contributed by atoms with Gasteiger partial charge in [-0.05, 0) is 92.4 Å². The van der Waals surface area contributed by atoms with Crippen molar-refractivity contribution in [3.8, 4) is 11.5 Å². The molecule has 3 nitrogen and oxygen atoms in total. The van der Waals surface area contributed by atoms with E-state index in [0.29, 0.717) is 48.5 Å². The van der Waals surface area contributed by atoms with Crippen molar-refractivity contribution in [3.63, 3.8) is 0 Å². The van der Waals surface area contributed by atoms with E-state index in [4.69, 9.17) is 9.47 Å². The van der Waals surface area contributed by atoms with Gasteiger partial charge in [-0.3, -0.25) is 4.79 Å². The first kappa shape index (κ1) is 24.4. The van der Waals surface area contributed by atoms with Crippen LogP contribution in [0.2, 0.25) is 0 Å². The highest BCUT2D eigenvalue weighted by Gasteiger charge is 2.32. The molecular formula is C28H31F3O3. The van der Waals surface area contributed by atoms with Crippen molar-refractivity contribution in [2.24, 2.45) is 11.8 Å². The van der Waals surface area contributed by atoms with Crippen molar-refractivity contribution >= 4 is 5.97 Å². The Balaban J connectivity index is 1.37. The molecule has 2 saturated carbocycles. The van der Waals surface area contributed by atoms with E-state index in [1.165, 1.54) is 19.2 Å². The number of hydrogen-bond donors (Lipinski definition) is 0. The van der Waals surface area contributed by atoms with Crippen molar-refractivity contribution < 1.29 is 27.4 Å². The van der Waals surface area contributed by atoms with Crippen molar-refractivity contribution in [3.05, 3.63) is 71.6 Å². The molecule has 0 atom stereocenters. The molecule has 0 saturated heterocycles. The molecule has 0 amide bonds. The fourth-order valence-corrected chi connectivity index (χ4v) is 5.40. The van der Waals surface area contributed by atoms with Crippen LogP contribution in [0.15, 0.2) is 43.0 Å². The van der Waals surface area contributed by atoms with Crippen LogP contribution in [0.4, 0.5) is 13.2 Å². The van der Waals surface area contributed by atoms with Crippen molar-refractivity contribution in [2.75, 3.05) is 7.11 Å². The average molecular weight is 473 g/mol. The lowest BCUT2D eigenvalue weighted by Crippen LogP contribution is -2.26. The Kier molecular flexibility index (Phi) is 7.64. The van der Waals surface area contributed by atoms with Gasteiger partial charge in [-0.1, -0.05) is 18.2 Å². The van der Waals surface area contributed by atoms with Crippen LogP contribution in [0.1, 0.15) is 74.3 Å². The predicted octanol–water partition coefficient (Wildman–Crippen LogP) is 7.45. The summed E-state index contributed by atoms with van der Waals surface area (Å²) in [5, 5.41) is 0. The van der Waals surface area contributed by atoms with Crippen LogP contribution in [-0.2, 0) is 4.79 Å². The molecule has 34 heavy (non-hydrogen) atoms. The topological polar surface area (TPSA) is 35.5 Å². The van der Waals surface area contributed by atoms with Gasteiger partial charge < -0.3 is 9.47 Å². The number of methoxy groups -OCH3 is 1. The third kappa shape index (κ3) is 5.16. The number of carbonyl (C=O) groups excluding carboxylic acids is 1. The number of halogens is 3. The number of rotatable bonds is 6. The molecule has 0 unspecified atom stereocenters. The van der Waals surface area contributed by atoms with Gasteiger partial charge in [0.15, 0.2) is 23.2 Å². The van der Waals surface area contributed by atoms with Crippen molar-refractivity contribution in [2.45, 2.75) is 63.2 Å². The quantitative estimate of drug-likeness (QED) is 0.249. The monoisotopic (exact) mass is 472 g/mol. The Morgan fingerprint density at radius 1 is 0.882 bits per heavy atom. The van der Waals surface area contributed by atoms with Crippen LogP contribution < -0.4 is 9.47 Å². The summed E-state index contributed by atoms with van der Waals surface area (Å²) in [6.45, 7) is 3.84. The van der Waals surface area contributed by atoms with E-state index in [-0.39, 0.29) is 17.6 Å². The third-order valence-corrected chi connectivity index (χ3v) is 7.54. The summed E-state index contributed by atoms with van der Waals surface area (Å²) in [6.07, 6.45) is 7.61. The molecule has 2 aliphatic rings. The summed E-state index contributed by atoms with van der Waals surface area (Å²) >= 11 is 0. The second kappa shape index (κ2) is 10.7. The number of benzene rings is 2. The van der Waals surface area contributed by atoms with E-state index < -0.39 is 29.3 Å². The molecule has 0 bridgehead atoms. The first-order chi connectivity index (χ1) is 16.4. The average Bonchev–Trinajstić information content (AvgIpc) is 2.87. The molecular weight excluding hydrogens is 441 g/mol. The molecule has 0 N–H and O–H groups in total. The molecule has 0 aliphatic heterocycles. The van der Waals surface area contributed by atoms with Gasteiger partial charge in [-0.2, -0.15) is 0 Å². The molecule has 2 aliphatic carbocycles. The van der Waals surface area contributed by atoms with E-state index >= 15 is 8.78 Å². The van der Waals surface area contributed by atoms with Gasteiger partial charge in [0.25, 0.3) is 0 Å². The maximum atomic E-state index is 15.1. The fourth-order valence-electron chi connectivity index (χ4n) is 5.40. The summed E-state index contributed by atoms with van der Waals surface area (Å²) in [5.74, 6) is -2.49. The Labute approximate surface area is 199 Å². The Bertz CT molecular complexity index is 1040. The summed E-state index contributed by atoms with van der Waals surface area (Å²) in [5.41, 5.74) is 0.858. The Morgan fingerprint density at radius 3 is 1.94 bits per heavy atom. The number of hydrogen-bond acceptors (Lipinski definition) is 3. The summed E-state index contributed by atoms with van der Waals surface area (Å²) < 4.78 is 54.4. The first-order valence-electron chi connectivity index (χ1n) is 12.1. The standard InChI is InChI=1S/C28H31F3O3/c1-3-17-4-6-18(7-5-17)22-13-14-23(27(31)26(22)30)19-8-10-20(11-9-19)28(32)34-25-15-12-21(33-2)16-24(25)29/h3,12-20H,1,4-11H2,2H3. The van der Waals surface area contributed by atoms with Crippen LogP contribution in [0, 0.1) is 29.3 Å². The molecule has 2 aromatic carbocycles. The molecule has 2 aromatic rings. The number of esters is 1. The Morgan fingerprint density at radius 2 is 1.44 bits per heavy atom. The van der Waals surface area contributed by atoms with Gasteiger partial charge in [0.05, 0.1) is 13.0 Å². The maximum Gasteiger partial charge on any atom is 0.314 e. The van der Waals surface area contributed by atoms with Gasteiger partial charge in [0, 0.05) is 6.07 Å². The fraction of sp³-hybridized carbons (Fsp3) is 0.464. The summed E-state index contributed by atoms with van der Waals surface area (Å²) in [6, 6.07) is 7.52. The number of ether oxygens (including phenoxy) is 2. The lowest BCUT2D eigenvalue weighted by atomic mass is 9.76. The minimum absolute atomic E-state index is 0.0450. The smallest absolute Gasteiger partial charge is 0.314 e. The molecule has 4 rings (SSSR count). The molecule has 6 heteroatoms. The van der Waals surface area contributed by atoms with Crippen LogP contribution in [0.25, 0.3) is 0 Å². The zero-order valence-electron chi connectivity index (χ0n) is 19.5. The van der Waals surface area contributed by atoms with E-state index in [2.05, 4.69) is 6.58 Å². The first-order valence-corrected chi connectivity index (χ1v) is 12.1. The number of allylic oxidation sites excluding steroid dienone is 1.